The number of hydrogen-bond donors (Lipinski definition) is 2. The van der Waals surface area contributed by atoms with Crippen LogP contribution in [0.25, 0.3) is 0 Å². The van der Waals surface area contributed by atoms with Crippen molar-refractivity contribution >= 4 is 36.3 Å². The molecule has 0 spiro atoms. The Kier molecular flexibility index (Phi) is 5.87. The molecule has 0 bridgehead atoms. The van der Waals surface area contributed by atoms with Crippen LogP contribution in [0.15, 0.2) is 0 Å². The zero-order valence-corrected chi connectivity index (χ0v) is 4.92. The van der Waals surface area contributed by atoms with E-state index < -0.39 is 17.4 Å². The van der Waals surface area contributed by atoms with Crippen LogP contribution >= 0.6 is 0 Å². The Morgan fingerprint density at radius 1 is 1.44 bits per heavy atom. The Bertz CT molecular complexity index is 150. The molecule has 0 unspecified atom stereocenters. The van der Waals surface area contributed by atoms with Crippen molar-refractivity contribution in [1.29, 1.82) is 0 Å². The molecular formula is CH6BLiO5S. The Morgan fingerprint density at radius 3 is 1.78 bits per heavy atom. The summed E-state index contributed by atoms with van der Waals surface area (Å²) in [4.78, 5) is 0. The molecule has 5 nitrogen and oxygen atoms in total. The average molecular weight is 148 g/mol. The molecule has 0 rings (SSSR count). The van der Waals surface area contributed by atoms with Crippen molar-refractivity contribution in [3.8, 4) is 0 Å². The van der Waals surface area contributed by atoms with Gasteiger partial charge in [-0.25, -0.2) is 8.42 Å². The Morgan fingerprint density at radius 2 is 1.78 bits per heavy atom. The summed E-state index contributed by atoms with van der Waals surface area (Å²) in [6.07, 6.45) is 0.715. The number of rotatable bonds is 2. The van der Waals surface area contributed by atoms with Crippen molar-refractivity contribution < 1.29 is 22.6 Å². The van der Waals surface area contributed by atoms with Crippen LogP contribution in [0.3, 0.4) is 0 Å². The van der Waals surface area contributed by atoms with Crippen LogP contribution < -0.4 is 0 Å². The van der Waals surface area contributed by atoms with E-state index in [9.17, 15) is 8.42 Å². The summed E-state index contributed by atoms with van der Waals surface area (Å²) >= 11 is 0. The second-order valence-corrected chi connectivity index (χ2v) is 2.73. The van der Waals surface area contributed by atoms with Crippen molar-refractivity contribution in [1.82, 2.24) is 0 Å². The van der Waals surface area contributed by atoms with E-state index in [0.717, 1.165) is 0 Å². The molecule has 0 fully saturated rings. The van der Waals surface area contributed by atoms with E-state index in [4.69, 9.17) is 10.0 Å². The first-order chi connectivity index (χ1) is 3.42. The fourth-order valence-corrected chi connectivity index (χ4v) is 0.469. The van der Waals surface area contributed by atoms with E-state index in [1.165, 1.54) is 0 Å². The van der Waals surface area contributed by atoms with Gasteiger partial charge in [0.1, 0.15) is 0 Å². The zero-order valence-electron chi connectivity index (χ0n) is 4.10. The first-order valence-corrected chi connectivity index (χ1v) is 3.48. The fraction of sp³-hybridized carbons (Fsp3) is 1.00. The minimum absolute atomic E-state index is 0. The van der Waals surface area contributed by atoms with Gasteiger partial charge in [0.05, 0.1) is 6.26 Å². The van der Waals surface area contributed by atoms with Crippen molar-refractivity contribution in [2.24, 2.45) is 0 Å². The van der Waals surface area contributed by atoms with E-state index >= 15 is 0 Å². The summed E-state index contributed by atoms with van der Waals surface area (Å²) < 4.78 is 23.3. The summed E-state index contributed by atoms with van der Waals surface area (Å²) in [5, 5.41) is 15.7. The molecule has 2 N–H and O–H groups in total. The third-order valence-electron chi connectivity index (χ3n) is 0.261. The maximum atomic E-state index is 9.90. The first kappa shape index (κ1) is 12.2. The molecule has 0 amide bonds. The molecule has 0 saturated heterocycles. The maximum absolute atomic E-state index is 9.90. The van der Waals surface area contributed by atoms with Gasteiger partial charge >= 0.3 is 26.2 Å². The molecule has 0 aromatic heterocycles. The Labute approximate surface area is 65.5 Å². The van der Waals surface area contributed by atoms with Gasteiger partial charge in [0.25, 0.3) is 10.1 Å². The molecule has 0 saturated carbocycles. The van der Waals surface area contributed by atoms with E-state index in [-0.39, 0.29) is 18.9 Å². The van der Waals surface area contributed by atoms with Crippen LogP contribution in [-0.2, 0) is 14.2 Å². The molecule has 0 aliphatic heterocycles. The summed E-state index contributed by atoms with van der Waals surface area (Å²) in [6, 6.07) is 0. The van der Waals surface area contributed by atoms with Crippen LogP contribution in [0.5, 0.6) is 0 Å². The van der Waals surface area contributed by atoms with Gasteiger partial charge in [-0.3, -0.25) is 4.10 Å². The summed E-state index contributed by atoms with van der Waals surface area (Å²) in [7, 11) is -5.97. The van der Waals surface area contributed by atoms with Gasteiger partial charge in [-0.1, -0.05) is 0 Å². The second-order valence-electron chi connectivity index (χ2n) is 1.13. The van der Waals surface area contributed by atoms with Crippen molar-refractivity contribution in [3.05, 3.63) is 0 Å². The molecule has 50 valence electrons. The Hall–Kier alpha value is 0.492. The zero-order chi connectivity index (χ0) is 6.78. The van der Waals surface area contributed by atoms with Crippen molar-refractivity contribution in [3.63, 3.8) is 0 Å². The third kappa shape index (κ3) is 11.9. The van der Waals surface area contributed by atoms with Gasteiger partial charge in [-0.05, 0) is 0 Å². The van der Waals surface area contributed by atoms with Crippen LogP contribution in [0.4, 0.5) is 0 Å². The van der Waals surface area contributed by atoms with E-state index in [0.29, 0.717) is 6.26 Å². The third-order valence-corrected chi connectivity index (χ3v) is 0.783. The molecule has 9 heavy (non-hydrogen) atoms. The van der Waals surface area contributed by atoms with Crippen molar-refractivity contribution in [2.45, 2.75) is 0 Å². The molecule has 0 heterocycles. The van der Waals surface area contributed by atoms with Gasteiger partial charge in [0.2, 0.25) is 0 Å². The molecular weight excluding hydrogens is 142 g/mol. The predicted molar refractivity (Wildman–Crippen MR) is 33.3 cm³/mol. The minimum atomic E-state index is -3.72. The molecule has 0 aromatic rings. The Balaban J connectivity index is 0. The second kappa shape index (κ2) is 4.33. The van der Waals surface area contributed by atoms with Gasteiger partial charge < -0.3 is 10.0 Å². The average Bonchev–Trinajstić information content (AvgIpc) is 1.21. The number of hydrogen-bond acceptors (Lipinski definition) is 5. The topological polar surface area (TPSA) is 83.8 Å². The fourth-order valence-electron chi connectivity index (χ4n) is 0.156. The molecule has 0 aromatic carbocycles. The first-order valence-electron chi connectivity index (χ1n) is 1.66. The standard InChI is InChI=1S/CH5BO5S.Li.H/c1-8(5,6)7-2(3)4;;/h3-4H,1H3;;. The summed E-state index contributed by atoms with van der Waals surface area (Å²) in [5.74, 6) is 0. The van der Waals surface area contributed by atoms with Gasteiger partial charge in [-0.2, -0.15) is 0 Å². The van der Waals surface area contributed by atoms with Crippen LogP contribution in [-0.4, -0.2) is 50.9 Å². The van der Waals surface area contributed by atoms with Gasteiger partial charge in [0.15, 0.2) is 0 Å². The predicted octanol–water partition coefficient (Wildman–Crippen LogP) is -2.72. The van der Waals surface area contributed by atoms with Crippen molar-refractivity contribution in [2.75, 3.05) is 6.26 Å². The normalized spacial score (nSPS) is 10.1. The van der Waals surface area contributed by atoms with Crippen LogP contribution in [0.2, 0.25) is 0 Å². The molecule has 0 atom stereocenters. The van der Waals surface area contributed by atoms with Crippen LogP contribution in [0.1, 0.15) is 0 Å². The summed E-state index contributed by atoms with van der Waals surface area (Å²) in [6.45, 7) is 0. The molecule has 0 aliphatic rings. The molecule has 0 radical (unpaired) electrons. The van der Waals surface area contributed by atoms with E-state index in [2.05, 4.69) is 4.10 Å². The SMILES string of the molecule is CS(=O)(=O)OB(O)O.[LiH]. The van der Waals surface area contributed by atoms with Crippen LogP contribution in [0, 0.1) is 0 Å². The monoisotopic (exact) mass is 148 g/mol. The van der Waals surface area contributed by atoms with Gasteiger partial charge in [0, 0.05) is 0 Å². The van der Waals surface area contributed by atoms with Gasteiger partial charge in [-0.15, -0.1) is 0 Å². The van der Waals surface area contributed by atoms with E-state index in [1.54, 1.807) is 0 Å². The molecule has 0 aliphatic carbocycles. The molecule has 8 heteroatoms. The van der Waals surface area contributed by atoms with E-state index in [1.807, 2.05) is 0 Å². The summed E-state index contributed by atoms with van der Waals surface area (Å²) in [5.41, 5.74) is 0. The quantitative estimate of drug-likeness (QED) is 0.415.